The highest BCUT2D eigenvalue weighted by molar-refractivity contribution is 5.94. The molecule has 0 atom stereocenters. The Morgan fingerprint density at radius 2 is 2.20 bits per heavy atom. The summed E-state index contributed by atoms with van der Waals surface area (Å²) in [5.41, 5.74) is -0.163. The van der Waals surface area contributed by atoms with Crippen molar-refractivity contribution in [3.8, 4) is 0 Å². The number of carbonyl (C=O) groups excluding carboxylic acids is 1. The van der Waals surface area contributed by atoms with Crippen LogP contribution >= 0.6 is 0 Å². The molecule has 3 nitrogen and oxygen atoms in total. The number of rotatable bonds is 0. The van der Waals surface area contributed by atoms with Crippen molar-refractivity contribution in [1.29, 1.82) is 0 Å². The Hall–Kier alpha value is -0.860. The lowest BCUT2D eigenvalue weighted by atomic mass is 10.1. The fourth-order valence-electron chi connectivity index (χ4n) is 0.899. The standard InChI is InChI=1S/C7H12N2O/c1-7(2,3)9-6(10)4-5-8-9/h5H,4H2,1-3H3. The van der Waals surface area contributed by atoms with Crippen molar-refractivity contribution in [2.24, 2.45) is 5.10 Å². The van der Waals surface area contributed by atoms with E-state index < -0.39 is 0 Å². The van der Waals surface area contributed by atoms with E-state index in [1.54, 1.807) is 6.21 Å². The second kappa shape index (κ2) is 2.08. The summed E-state index contributed by atoms with van der Waals surface area (Å²) in [5, 5.41) is 5.47. The third-order valence-corrected chi connectivity index (χ3v) is 1.33. The van der Waals surface area contributed by atoms with Crippen LogP contribution in [-0.4, -0.2) is 22.7 Å². The van der Waals surface area contributed by atoms with E-state index in [4.69, 9.17) is 0 Å². The lowest BCUT2D eigenvalue weighted by Crippen LogP contribution is -2.38. The highest BCUT2D eigenvalue weighted by Crippen LogP contribution is 2.17. The second-order valence-electron chi connectivity index (χ2n) is 3.38. The van der Waals surface area contributed by atoms with Gasteiger partial charge in [0.2, 0.25) is 5.91 Å². The molecule has 0 radical (unpaired) electrons. The number of hydrazone groups is 1. The summed E-state index contributed by atoms with van der Waals surface area (Å²) in [5.74, 6) is 0.0903. The molecule has 1 amide bonds. The molecule has 0 aromatic rings. The largest absolute Gasteiger partial charge is 0.273 e. The van der Waals surface area contributed by atoms with E-state index >= 15 is 0 Å². The summed E-state index contributed by atoms with van der Waals surface area (Å²) in [6.45, 7) is 5.90. The van der Waals surface area contributed by atoms with Crippen LogP contribution in [0.15, 0.2) is 5.10 Å². The SMILES string of the molecule is CC(C)(C)N1N=CCC1=O. The van der Waals surface area contributed by atoms with E-state index in [2.05, 4.69) is 5.10 Å². The van der Waals surface area contributed by atoms with Crippen molar-refractivity contribution >= 4 is 12.1 Å². The maximum absolute atomic E-state index is 11.0. The van der Waals surface area contributed by atoms with E-state index in [0.29, 0.717) is 6.42 Å². The predicted molar refractivity (Wildman–Crippen MR) is 39.7 cm³/mol. The van der Waals surface area contributed by atoms with Crippen LogP contribution < -0.4 is 0 Å². The van der Waals surface area contributed by atoms with Gasteiger partial charge in [0.05, 0.1) is 12.0 Å². The molecule has 1 rings (SSSR count). The molecule has 0 N–H and O–H groups in total. The zero-order chi connectivity index (χ0) is 7.78. The first-order valence-corrected chi connectivity index (χ1v) is 3.37. The smallest absolute Gasteiger partial charge is 0.248 e. The van der Waals surface area contributed by atoms with Crippen LogP contribution in [0, 0.1) is 0 Å². The Labute approximate surface area is 60.7 Å². The monoisotopic (exact) mass is 140 g/mol. The van der Waals surface area contributed by atoms with Gasteiger partial charge in [-0.3, -0.25) is 4.79 Å². The molecule has 3 heteroatoms. The van der Waals surface area contributed by atoms with Gasteiger partial charge >= 0.3 is 0 Å². The zero-order valence-corrected chi connectivity index (χ0v) is 6.59. The molecule has 0 spiro atoms. The van der Waals surface area contributed by atoms with Crippen molar-refractivity contribution in [2.45, 2.75) is 32.7 Å². The van der Waals surface area contributed by atoms with E-state index in [-0.39, 0.29) is 11.4 Å². The summed E-state index contributed by atoms with van der Waals surface area (Å²) in [6.07, 6.45) is 2.10. The van der Waals surface area contributed by atoms with Crippen LogP contribution in [-0.2, 0) is 4.79 Å². The van der Waals surface area contributed by atoms with E-state index in [9.17, 15) is 4.79 Å². The molecular weight excluding hydrogens is 128 g/mol. The highest BCUT2D eigenvalue weighted by atomic mass is 16.2. The minimum Gasteiger partial charge on any atom is -0.273 e. The van der Waals surface area contributed by atoms with Crippen molar-refractivity contribution in [1.82, 2.24) is 5.01 Å². The quantitative estimate of drug-likeness (QED) is 0.494. The van der Waals surface area contributed by atoms with Crippen molar-refractivity contribution in [2.75, 3.05) is 0 Å². The Morgan fingerprint density at radius 1 is 1.60 bits per heavy atom. The summed E-state index contributed by atoms with van der Waals surface area (Å²) >= 11 is 0. The number of carbonyl (C=O) groups is 1. The predicted octanol–water partition coefficient (Wildman–Crippen LogP) is 1.00. The minimum absolute atomic E-state index is 0.0903. The third kappa shape index (κ3) is 1.17. The second-order valence-corrected chi connectivity index (χ2v) is 3.38. The summed E-state index contributed by atoms with van der Waals surface area (Å²) in [4.78, 5) is 11.0. The Balaban J connectivity index is 2.73. The van der Waals surface area contributed by atoms with Crippen LogP contribution in [0.2, 0.25) is 0 Å². The lowest BCUT2D eigenvalue weighted by molar-refractivity contribution is -0.133. The fourth-order valence-corrected chi connectivity index (χ4v) is 0.899. The van der Waals surface area contributed by atoms with Gasteiger partial charge in [-0.1, -0.05) is 0 Å². The first kappa shape index (κ1) is 7.25. The molecular formula is C7H12N2O. The highest BCUT2D eigenvalue weighted by Gasteiger charge is 2.28. The van der Waals surface area contributed by atoms with Gasteiger partial charge in [-0.25, -0.2) is 5.01 Å². The summed E-state index contributed by atoms with van der Waals surface area (Å²) in [6, 6.07) is 0. The molecule has 0 aromatic carbocycles. The third-order valence-electron chi connectivity index (χ3n) is 1.33. The topological polar surface area (TPSA) is 32.7 Å². The Morgan fingerprint density at radius 3 is 2.40 bits per heavy atom. The maximum atomic E-state index is 11.0. The number of nitrogens with zero attached hydrogens (tertiary/aromatic N) is 2. The van der Waals surface area contributed by atoms with Crippen molar-refractivity contribution < 1.29 is 4.79 Å². The molecule has 0 aromatic heterocycles. The molecule has 0 bridgehead atoms. The van der Waals surface area contributed by atoms with Crippen LogP contribution in [0.3, 0.4) is 0 Å². The molecule has 1 heterocycles. The molecule has 1 aliphatic heterocycles. The van der Waals surface area contributed by atoms with Gasteiger partial charge < -0.3 is 0 Å². The van der Waals surface area contributed by atoms with Gasteiger partial charge in [0.25, 0.3) is 0 Å². The average Bonchev–Trinajstić information content (AvgIpc) is 2.11. The first-order chi connectivity index (χ1) is 4.52. The Bertz CT molecular complexity index is 179. The van der Waals surface area contributed by atoms with Crippen LogP contribution in [0.1, 0.15) is 27.2 Å². The van der Waals surface area contributed by atoms with Crippen LogP contribution in [0.5, 0.6) is 0 Å². The fraction of sp³-hybridized carbons (Fsp3) is 0.714. The van der Waals surface area contributed by atoms with Crippen molar-refractivity contribution in [3.05, 3.63) is 0 Å². The van der Waals surface area contributed by atoms with Gasteiger partial charge in [0.15, 0.2) is 0 Å². The van der Waals surface area contributed by atoms with Gasteiger partial charge in [-0.2, -0.15) is 5.10 Å². The lowest BCUT2D eigenvalue weighted by Gasteiger charge is -2.27. The summed E-state index contributed by atoms with van der Waals surface area (Å²) < 4.78 is 0. The first-order valence-electron chi connectivity index (χ1n) is 3.37. The van der Waals surface area contributed by atoms with Crippen LogP contribution in [0.4, 0.5) is 0 Å². The zero-order valence-electron chi connectivity index (χ0n) is 6.59. The van der Waals surface area contributed by atoms with E-state index in [1.165, 1.54) is 5.01 Å². The van der Waals surface area contributed by atoms with Crippen LogP contribution in [0.25, 0.3) is 0 Å². The molecule has 0 fully saturated rings. The number of hydrogen-bond acceptors (Lipinski definition) is 2. The number of hydrogen-bond donors (Lipinski definition) is 0. The van der Waals surface area contributed by atoms with E-state index in [1.807, 2.05) is 20.8 Å². The molecule has 10 heavy (non-hydrogen) atoms. The molecule has 1 aliphatic rings. The molecule has 0 aliphatic carbocycles. The van der Waals surface area contributed by atoms with Gasteiger partial charge in [0, 0.05) is 6.21 Å². The molecule has 56 valence electrons. The average molecular weight is 140 g/mol. The molecule has 0 saturated carbocycles. The van der Waals surface area contributed by atoms with Crippen molar-refractivity contribution in [3.63, 3.8) is 0 Å². The molecule has 0 saturated heterocycles. The maximum Gasteiger partial charge on any atom is 0.248 e. The van der Waals surface area contributed by atoms with Gasteiger partial charge in [-0.05, 0) is 20.8 Å². The minimum atomic E-state index is -0.163. The van der Waals surface area contributed by atoms with Gasteiger partial charge in [0.1, 0.15) is 0 Å². The normalized spacial score (nSPS) is 18.7. The summed E-state index contributed by atoms with van der Waals surface area (Å²) in [7, 11) is 0. The number of amides is 1. The van der Waals surface area contributed by atoms with E-state index in [0.717, 1.165) is 0 Å². The molecule has 0 unspecified atom stereocenters. The Kier molecular flexibility index (Phi) is 1.50. The van der Waals surface area contributed by atoms with Gasteiger partial charge in [-0.15, -0.1) is 0 Å².